The van der Waals surface area contributed by atoms with Crippen LogP contribution in [0.25, 0.3) is 29.1 Å². The fraction of sp³-hybridized carbons (Fsp3) is 0.235. The number of rotatable bonds is 12. The molecule has 1 saturated carbocycles. The van der Waals surface area contributed by atoms with Crippen molar-refractivity contribution in [3.8, 4) is 11.5 Å². The predicted molar refractivity (Wildman–Crippen MR) is 163 cm³/mol. The predicted octanol–water partition coefficient (Wildman–Crippen LogP) is 7.74. The van der Waals surface area contributed by atoms with Crippen LogP contribution in [0.5, 0.6) is 11.5 Å². The highest BCUT2D eigenvalue weighted by Gasteiger charge is 2.23. The molecule has 0 spiro atoms. The van der Waals surface area contributed by atoms with Crippen LogP contribution in [0.1, 0.15) is 40.0 Å². The summed E-state index contributed by atoms with van der Waals surface area (Å²) in [4.78, 5) is 17.0. The number of nitrogens with zero attached hydrogens (tertiary/aromatic N) is 1. The smallest absolute Gasteiger partial charge is 0.341 e. The maximum atomic E-state index is 12.3. The third-order valence-corrected chi connectivity index (χ3v) is 7.01. The Kier molecular flexibility index (Phi) is 9.34. The molecule has 5 rings (SSSR count). The Bertz CT molecular complexity index is 1580. The third-order valence-electron chi connectivity index (χ3n) is 6.77. The fourth-order valence-corrected chi connectivity index (χ4v) is 4.44. The first-order valence-corrected chi connectivity index (χ1v) is 13.9. The normalized spacial score (nSPS) is 14.0. The molecule has 41 heavy (non-hydrogen) atoms. The molecule has 1 unspecified atom stereocenters. The highest BCUT2D eigenvalue weighted by atomic mass is 35.5. The Morgan fingerprint density at radius 1 is 0.976 bits per heavy atom. The van der Waals surface area contributed by atoms with Crippen molar-refractivity contribution in [3.63, 3.8) is 0 Å². The molecule has 0 saturated heterocycles. The second kappa shape index (κ2) is 13.5. The number of ether oxygens (including phenoxy) is 4. The molecule has 3 aromatic carbocycles. The Labute approximate surface area is 245 Å². The van der Waals surface area contributed by atoms with Crippen molar-refractivity contribution in [2.45, 2.75) is 18.9 Å². The van der Waals surface area contributed by atoms with Crippen LogP contribution in [0.3, 0.4) is 0 Å². The SMILES string of the molecule is COC(=O)c1cc(OC)ccc1OCC(C=Cc1cccc(C=Cc2ccc3ccc(Cl)cc3n2)c1)OCC1CC1. The molecule has 4 aromatic rings. The first-order valence-electron chi connectivity index (χ1n) is 13.5. The summed E-state index contributed by atoms with van der Waals surface area (Å²) in [5.41, 5.74) is 4.11. The van der Waals surface area contributed by atoms with Gasteiger partial charge in [0.05, 0.1) is 32.0 Å². The number of hydrogen-bond donors (Lipinski definition) is 0. The molecule has 0 radical (unpaired) electrons. The van der Waals surface area contributed by atoms with Gasteiger partial charge in [0, 0.05) is 10.4 Å². The monoisotopic (exact) mass is 569 g/mol. The van der Waals surface area contributed by atoms with E-state index in [2.05, 4.69) is 6.07 Å². The van der Waals surface area contributed by atoms with Gasteiger partial charge in [-0.05, 0) is 78.4 Å². The lowest BCUT2D eigenvalue weighted by Gasteiger charge is -2.17. The molecule has 7 heteroatoms. The number of hydrogen-bond acceptors (Lipinski definition) is 6. The maximum absolute atomic E-state index is 12.3. The summed E-state index contributed by atoms with van der Waals surface area (Å²) >= 11 is 6.13. The molecule has 6 nitrogen and oxygen atoms in total. The lowest BCUT2D eigenvalue weighted by atomic mass is 10.1. The fourth-order valence-electron chi connectivity index (χ4n) is 4.27. The van der Waals surface area contributed by atoms with Crippen LogP contribution in [0.15, 0.2) is 78.9 Å². The van der Waals surface area contributed by atoms with Gasteiger partial charge in [-0.2, -0.15) is 0 Å². The molecule has 0 N–H and O–H groups in total. The quantitative estimate of drug-likeness (QED) is 0.163. The largest absolute Gasteiger partial charge is 0.497 e. The van der Waals surface area contributed by atoms with E-state index in [0.29, 0.717) is 34.6 Å². The number of halogens is 1. The molecule has 1 aliphatic rings. The molecule has 1 heterocycles. The van der Waals surface area contributed by atoms with Gasteiger partial charge in [0.2, 0.25) is 0 Å². The van der Waals surface area contributed by atoms with Gasteiger partial charge in [-0.15, -0.1) is 0 Å². The molecule has 1 atom stereocenters. The Morgan fingerprint density at radius 2 is 1.78 bits per heavy atom. The Balaban J connectivity index is 1.28. The van der Waals surface area contributed by atoms with E-state index in [0.717, 1.165) is 27.7 Å². The molecule has 0 amide bonds. The minimum absolute atomic E-state index is 0.247. The van der Waals surface area contributed by atoms with E-state index in [1.165, 1.54) is 20.0 Å². The van der Waals surface area contributed by atoms with Crippen LogP contribution < -0.4 is 9.47 Å². The van der Waals surface area contributed by atoms with Gasteiger partial charge >= 0.3 is 5.97 Å². The third kappa shape index (κ3) is 7.97. The summed E-state index contributed by atoms with van der Waals surface area (Å²) in [6.07, 6.45) is 10.2. The highest BCUT2D eigenvalue weighted by Crippen LogP contribution is 2.30. The van der Waals surface area contributed by atoms with E-state index in [1.807, 2.05) is 72.8 Å². The molecule has 210 valence electrons. The van der Waals surface area contributed by atoms with Crippen LogP contribution >= 0.6 is 11.6 Å². The maximum Gasteiger partial charge on any atom is 0.341 e. The Hall–Kier alpha value is -4.13. The van der Waals surface area contributed by atoms with Crippen molar-refractivity contribution < 1.29 is 23.7 Å². The zero-order valence-corrected chi connectivity index (χ0v) is 23.8. The van der Waals surface area contributed by atoms with Crippen molar-refractivity contribution >= 4 is 46.7 Å². The van der Waals surface area contributed by atoms with E-state index in [-0.39, 0.29) is 12.7 Å². The highest BCUT2D eigenvalue weighted by molar-refractivity contribution is 6.31. The molecule has 0 bridgehead atoms. The Morgan fingerprint density at radius 3 is 2.56 bits per heavy atom. The van der Waals surface area contributed by atoms with E-state index in [9.17, 15) is 4.79 Å². The number of fused-ring (bicyclic) bond motifs is 1. The van der Waals surface area contributed by atoms with Gasteiger partial charge in [-0.25, -0.2) is 9.78 Å². The standard InChI is InChI=1S/C34H32ClNO5/c1-38-29-16-17-33(31(20-29)34(37)39-2)41-22-30(40-21-25-6-7-25)15-9-24-5-3-4-23(18-24)8-13-28-14-11-26-10-12-27(35)19-32(26)36-28/h3-5,8-20,25,30H,6-7,21-22H2,1-2H3. The summed E-state index contributed by atoms with van der Waals surface area (Å²) in [5, 5.41) is 1.72. The lowest BCUT2D eigenvalue weighted by molar-refractivity contribution is 0.0429. The topological polar surface area (TPSA) is 66.9 Å². The van der Waals surface area contributed by atoms with Crippen molar-refractivity contribution in [3.05, 3.63) is 106 Å². The van der Waals surface area contributed by atoms with Crippen molar-refractivity contribution in [1.29, 1.82) is 0 Å². The lowest BCUT2D eigenvalue weighted by Crippen LogP contribution is -2.21. The van der Waals surface area contributed by atoms with Gasteiger partial charge in [0.15, 0.2) is 0 Å². The van der Waals surface area contributed by atoms with Crippen molar-refractivity contribution in [2.75, 3.05) is 27.4 Å². The number of methoxy groups -OCH3 is 2. The van der Waals surface area contributed by atoms with Gasteiger partial charge in [0.1, 0.15) is 29.8 Å². The van der Waals surface area contributed by atoms with E-state index in [1.54, 1.807) is 25.3 Å². The average molecular weight is 570 g/mol. The summed E-state index contributed by atoms with van der Waals surface area (Å²) in [7, 11) is 2.89. The number of benzene rings is 3. The van der Waals surface area contributed by atoms with Crippen LogP contribution in [0.2, 0.25) is 5.02 Å². The first kappa shape index (κ1) is 28.4. The van der Waals surface area contributed by atoms with Crippen molar-refractivity contribution in [1.82, 2.24) is 4.98 Å². The average Bonchev–Trinajstić information content (AvgIpc) is 3.84. The van der Waals surface area contributed by atoms with E-state index in [4.69, 9.17) is 35.5 Å². The molecule has 1 fully saturated rings. The number of carbonyl (C=O) groups is 1. The second-order valence-electron chi connectivity index (χ2n) is 9.92. The van der Waals surface area contributed by atoms with E-state index >= 15 is 0 Å². The van der Waals surface area contributed by atoms with Crippen molar-refractivity contribution in [2.24, 2.45) is 5.92 Å². The molecule has 1 aliphatic carbocycles. The summed E-state index contributed by atoms with van der Waals surface area (Å²) in [6.45, 7) is 0.925. The van der Waals surface area contributed by atoms with Gasteiger partial charge < -0.3 is 18.9 Å². The summed E-state index contributed by atoms with van der Waals surface area (Å²) in [6, 6.07) is 23.0. The summed E-state index contributed by atoms with van der Waals surface area (Å²) < 4.78 is 22.4. The molecule has 0 aliphatic heterocycles. The number of pyridine rings is 1. The molecular weight excluding hydrogens is 538 g/mol. The van der Waals surface area contributed by atoms with Gasteiger partial charge in [0.25, 0.3) is 0 Å². The van der Waals surface area contributed by atoms with Crippen LogP contribution in [-0.4, -0.2) is 44.5 Å². The first-order chi connectivity index (χ1) is 20.0. The zero-order valence-electron chi connectivity index (χ0n) is 23.1. The second-order valence-corrected chi connectivity index (χ2v) is 10.4. The minimum Gasteiger partial charge on any atom is -0.497 e. The van der Waals surface area contributed by atoms with Crippen LogP contribution in [0.4, 0.5) is 0 Å². The zero-order chi connectivity index (χ0) is 28.6. The number of esters is 1. The minimum atomic E-state index is -0.488. The van der Waals surface area contributed by atoms with Crippen LogP contribution in [0, 0.1) is 5.92 Å². The van der Waals surface area contributed by atoms with Crippen LogP contribution in [-0.2, 0) is 9.47 Å². The summed E-state index contributed by atoms with van der Waals surface area (Å²) in [5.74, 6) is 1.08. The number of carbonyl (C=O) groups excluding carboxylic acids is 1. The van der Waals surface area contributed by atoms with Gasteiger partial charge in [-0.3, -0.25) is 0 Å². The molecule has 1 aromatic heterocycles. The van der Waals surface area contributed by atoms with Gasteiger partial charge in [-0.1, -0.05) is 60.2 Å². The number of aromatic nitrogens is 1. The van der Waals surface area contributed by atoms with E-state index < -0.39 is 5.97 Å². The molecular formula is C34H32ClNO5.